The van der Waals surface area contributed by atoms with Crippen LogP contribution in [-0.4, -0.2) is 447 Å². The second-order valence-electron chi connectivity index (χ2n) is 32.9. The second kappa shape index (κ2) is 58.6. The van der Waals surface area contributed by atoms with E-state index in [1.807, 2.05) is 25.1 Å². The second-order valence-corrected chi connectivity index (χ2v) is 34.8. The molecule has 31 atom stereocenters. The van der Waals surface area contributed by atoms with Crippen LogP contribution in [0.1, 0.15) is 103 Å². The molecule has 24 N–H and O–H groups in total. The van der Waals surface area contributed by atoms with Gasteiger partial charge in [0.2, 0.25) is 29.5 Å². The quantitative estimate of drug-likeness (QED) is 0.0216. The molecule has 2 aromatic rings. The molecular formula is C84H136N5O44P. The van der Waals surface area contributed by atoms with Gasteiger partial charge in [0.25, 0.3) is 0 Å². The molecule has 6 aliphatic heterocycles. The van der Waals surface area contributed by atoms with Crippen molar-refractivity contribution >= 4 is 48.7 Å². The summed E-state index contributed by atoms with van der Waals surface area (Å²) in [4.78, 5) is 94.7. The Morgan fingerprint density at radius 1 is 0.358 bits per heavy atom. The van der Waals surface area contributed by atoms with Crippen LogP contribution in [0.2, 0.25) is 0 Å². The zero-order valence-electron chi connectivity index (χ0n) is 75.2. The van der Waals surface area contributed by atoms with Gasteiger partial charge in [-0.05, 0) is 86.4 Å². The minimum absolute atomic E-state index is 0.00624. The fraction of sp³-hybridized carbons (Fsp3) is 0.774. The largest absolute Gasteiger partial charge is 0.486 e. The molecule has 0 aromatic heterocycles. The average molecular weight is 1950 g/mol. The van der Waals surface area contributed by atoms with Crippen molar-refractivity contribution in [3.8, 4) is 22.6 Å². The maximum atomic E-state index is 12.8. The Labute approximate surface area is 772 Å². The van der Waals surface area contributed by atoms with Gasteiger partial charge in [-0.3, -0.25) is 38.1 Å². The van der Waals surface area contributed by atoms with Crippen molar-refractivity contribution in [2.45, 2.75) is 289 Å². The fourth-order valence-electron chi connectivity index (χ4n) is 14.9. The summed E-state index contributed by atoms with van der Waals surface area (Å²) in [6, 6.07) is 9.84. The zero-order chi connectivity index (χ0) is 98.5. The topological polar surface area (TPSA) is 738 Å². The molecule has 2 aromatic carbocycles. The third-order valence-corrected chi connectivity index (χ3v) is 22.7. The number of carbonyl (C=O) groups excluding carboxylic acids is 7. The maximum absolute atomic E-state index is 12.8. The number of carbonyl (C=O) groups is 7. The molecule has 0 spiro atoms. The Balaban J connectivity index is 0.00000149. The number of ether oxygens (including phenoxy) is 16. The number of rotatable bonds is 55. The first-order valence-electron chi connectivity index (χ1n) is 44.4. The van der Waals surface area contributed by atoms with Crippen LogP contribution in [-0.2, 0) is 109 Å². The van der Waals surface area contributed by atoms with Crippen molar-refractivity contribution in [1.29, 1.82) is 0 Å². The molecular weight excluding hydrogens is 1810 g/mol. The number of ketones is 2. The molecule has 766 valence electrons. The molecule has 6 aliphatic rings. The Bertz CT molecular complexity index is 3870. The van der Waals surface area contributed by atoms with Gasteiger partial charge >= 0.3 is 7.60 Å². The van der Waals surface area contributed by atoms with Crippen LogP contribution in [0.25, 0.3) is 11.1 Å². The lowest BCUT2D eigenvalue weighted by Crippen LogP contribution is -2.68. The molecule has 6 saturated heterocycles. The van der Waals surface area contributed by atoms with Gasteiger partial charge in [0.1, 0.15) is 171 Å². The SMILES string of the molecule is CC(=O)NC1[C@H](OCCCNC(=O)CCCOCCC(=O)COc2ccc(-c3cc(C)cc(OCC(=O)CCCOCCC(=O)NCCCO[C@@H]4OC(CO)[C@@H](O[C@@H]5OC(CO)[C@H](O)[C@H](O[C@H]6OC(CO)[C@H](O)C(O)[C@@H]6O)C5O)[C@H](O)C4NC(C)=O)c3)cc2)OC(CO)[C@@H](O[C@@H]2OC(CO)[C@H](O)[C@H](O[C@H]3OC(CO)[C@H](O)C(O)[C@@H]3O)C2O)[C@@H]1O.CC(=O)NCCCCCCOP(C)(=O)O. The van der Waals surface area contributed by atoms with E-state index in [0.29, 0.717) is 37.5 Å². The number of amides is 5. The van der Waals surface area contributed by atoms with Crippen molar-refractivity contribution in [2.24, 2.45) is 0 Å². The van der Waals surface area contributed by atoms with Crippen LogP contribution in [0.5, 0.6) is 11.5 Å². The van der Waals surface area contributed by atoms with Crippen LogP contribution in [0.3, 0.4) is 0 Å². The third-order valence-electron chi connectivity index (χ3n) is 22.1. The summed E-state index contributed by atoms with van der Waals surface area (Å²) in [5.41, 5.74) is 2.48. The number of unbranched alkanes of at least 4 members (excludes halogenated alkanes) is 3. The molecule has 134 heavy (non-hydrogen) atoms. The van der Waals surface area contributed by atoms with Gasteiger partial charge in [0.15, 0.2) is 49.3 Å². The summed E-state index contributed by atoms with van der Waals surface area (Å²) in [5, 5.41) is 203. The van der Waals surface area contributed by atoms with Crippen molar-refractivity contribution in [3.05, 3.63) is 48.0 Å². The highest BCUT2D eigenvalue weighted by atomic mass is 31.2. The summed E-state index contributed by atoms with van der Waals surface area (Å²) < 4.78 is 107. The van der Waals surface area contributed by atoms with E-state index >= 15 is 0 Å². The molecule has 6 fully saturated rings. The normalized spacial score (nSPS) is 32.6. The van der Waals surface area contributed by atoms with Crippen molar-refractivity contribution < 1.29 is 215 Å². The lowest BCUT2D eigenvalue weighted by Gasteiger charge is -2.48. The summed E-state index contributed by atoms with van der Waals surface area (Å²) in [6.07, 6.45) is -42.9. The Morgan fingerprint density at radius 2 is 0.754 bits per heavy atom. The Morgan fingerprint density at radius 3 is 1.20 bits per heavy atom. The summed E-state index contributed by atoms with van der Waals surface area (Å²) in [7, 11) is -3.30. The standard InChI is InChI=1S/C75H116N4O40.C9H20NO4P/c1-35-24-39(26-43(25-35)109-33-40(88)8-4-18-105-23-15-51(91)77-17-7-21-107-71-53(79-37(3)87)59(97)67(49(32-85)115-71)117-75-65(103)69(57(95)47(30-83)113-75)119-73-63(101)61(99)55(93)45(28-81)111-73)38-10-12-42(13-11-38)108-34-41(89)14-22-104-19-5-9-50(90)76-16-6-20-106-70-52(78-36(2)86)58(96)66(48(31-84)114-70)116-74-64(102)68(56(94)46(29-82)112-74)118-72-62(100)60(98)54(92)44(27-80)110-72;1-9(11)10-7-5-3-4-6-8-14-15(2,12)13/h10-13,24-26,44-49,52-75,80-85,92-103H,4-9,14-23,27-34H2,1-3H3,(H,76,90)(H,77,91)(H,78,86)(H,79,87);3-8H2,1-2H3,(H,10,11)(H,12,13)/t44?,45?,46?,47?,48?,49?,52?,53?,54-,55-,56-,57-,58+,59+,60?,61?,62-,63-,64?,65?,66+,67+,68-,69-,70+,71+,72+,73+,74-,75-;/m0./s1. The van der Waals surface area contributed by atoms with Crippen molar-refractivity contribution in [3.63, 3.8) is 0 Å². The molecule has 5 amide bonds. The van der Waals surface area contributed by atoms with Crippen molar-refractivity contribution in [1.82, 2.24) is 26.6 Å². The predicted molar refractivity (Wildman–Crippen MR) is 454 cm³/mol. The maximum Gasteiger partial charge on any atom is 0.325 e. The minimum Gasteiger partial charge on any atom is -0.486 e. The van der Waals surface area contributed by atoms with Gasteiger partial charge in [-0.25, -0.2) is 0 Å². The predicted octanol–water partition coefficient (Wildman–Crippen LogP) is -8.32. The molecule has 50 heteroatoms. The van der Waals surface area contributed by atoms with E-state index < -0.39 is 243 Å². The van der Waals surface area contributed by atoms with Crippen LogP contribution in [0.15, 0.2) is 42.5 Å². The van der Waals surface area contributed by atoms with E-state index in [1.54, 1.807) is 24.3 Å². The smallest absolute Gasteiger partial charge is 0.325 e. The number of benzene rings is 2. The van der Waals surface area contributed by atoms with Gasteiger partial charge in [-0.2, -0.15) is 0 Å². The Hall–Kier alpha value is -6.40. The van der Waals surface area contributed by atoms with Crippen LogP contribution in [0.4, 0.5) is 0 Å². The number of Topliss-reactive ketones (excluding diaryl/α,β-unsaturated/α-hetero) is 2. The van der Waals surface area contributed by atoms with E-state index in [1.165, 1.54) is 13.6 Å². The third kappa shape index (κ3) is 36.4. The number of aliphatic hydroxyl groups excluding tert-OH is 18. The monoisotopic (exact) mass is 1950 g/mol. The number of nitrogens with one attached hydrogen (secondary N) is 5. The lowest BCUT2D eigenvalue weighted by molar-refractivity contribution is -0.376. The van der Waals surface area contributed by atoms with Gasteiger partial charge in [0.05, 0.1) is 72.7 Å². The van der Waals surface area contributed by atoms with E-state index in [0.717, 1.165) is 56.2 Å². The average Bonchev–Trinajstić information content (AvgIpc) is 0.774. The van der Waals surface area contributed by atoms with Crippen LogP contribution in [0, 0.1) is 6.92 Å². The molecule has 49 nitrogen and oxygen atoms in total. The number of aryl methyl sites for hydroxylation is 1. The molecule has 0 aliphatic carbocycles. The first-order valence-corrected chi connectivity index (χ1v) is 46.4. The molecule has 0 bridgehead atoms. The fourth-order valence-corrected chi connectivity index (χ4v) is 15.4. The highest BCUT2D eigenvalue weighted by Gasteiger charge is 2.57. The number of aliphatic hydroxyl groups is 18. The van der Waals surface area contributed by atoms with Gasteiger partial charge < -0.3 is 204 Å². The summed E-state index contributed by atoms with van der Waals surface area (Å²) >= 11 is 0. The van der Waals surface area contributed by atoms with E-state index in [2.05, 4.69) is 26.6 Å². The number of hydrogen-bond acceptors (Lipinski definition) is 43. The number of hydrogen-bond donors (Lipinski definition) is 24. The van der Waals surface area contributed by atoms with Gasteiger partial charge in [-0.15, -0.1) is 0 Å². The first kappa shape index (κ1) is 115. The highest BCUT2D eigenvalue weighted by Crippen LogP contribution is 2.39. The Kier molecular flexibility index (Phi) is 50.1. The first-order chi connectivity index (χ1) is 63.8. The molecule has 6 heterocycles. The lowest BCUT2D eigenvalue weighted by atomic mass is 9.95. The van der Waals surface area contributed by atoms with Gasteiger partial charge in [0, 0.05) is 86.0 Å². The van der Waals surface area contributed by atoms with E-state index in [-0.39, 0.29) is 134 Å². The van der Waals surface area contributed by atoms with Gasteiger partial charge in [-0.1, -0.05) is 31.0 Å². The zero-order valence-corrected chi connectivity index (χ0v) is 76.1. The molecule has 0 saturated carbocycles. The van der Waals surface area contributed by atoms with E-state index in [4.69, 9.17) is 85.2 Å². The minimum atomic E-state index is -3.30. The molecule has 13 unspecified atom stereocenters. The molecule has 8 rings (SSSR count). The summed E-state index contributed by atoms with van der Waals surface area (Å²) in [6.45, 7) is 3.03. The van der Waals surface area contributed by atoms with Crippen molar-refractivity contribution in [2.75, 3.05) is 125 Å². The highest BCUT2D eigenvalue weighted by molar-refractivity contribution is 7.51. The van der Waals surface area contributed by atoms with Crippen LogP contribution >= 0.6 is 7.60 Å². The molecule has 0 radical (unpaired) electrons. The summed E-state index contributed by atoms with van der Waals surface area (Å²) in [5.74, 6) is -1.44. The van der Waals surface area contributed by atoms with Crippen LogP contribution < -0.4 is 36.1 Å². The van der Waals surface area contributed by atoms with E-state index in [9.17, 15) is 130 Å².